The highest BCUT2D eigenvalue weighted by Crippen LogP contribution is 2.28. The summed E-state index contributed by atoms with van der Waals surface area (Å²) in [7, 11) is 0. The van der Waals surface area contributed by atoms with Gasteiger partial charge in [0.25, 0.3) is 0 Å². The molecule has 0 saturated carbocycles. The van der Waals surface area contributed by atoms with Gasteiger partial charge in [-0.3, -0.25) is 4.90 Å². The predicted octanol–water partition coefficient (Wildman–Crippen LogP) is 3.33. The van der Waals surface area contributed by atoms with Gasteiger partial charge in [0.05, 0.1) is 6.10 Å². The Bertz CT molecular complexity index is 650. The number of fused-ring (bicyclic) bond motifs is 1. The van der Waals surface area contributed by atoms with Crippen molar-refractivity contribution in [2.45, 2.75) is 19.4 Å². The number of carbonyl (C=O) groups excluding carboxylic acids is 1. The van der Waals surface area contributed by atoms with Crippen LogP contribution in [0.15, 0.2) is 48.5 Å². The Hall–Kier alpha value is -2.33. The van der Waals surface area contributed by atoms with Crippen LogP contribution in [0, 0.1) is 0 Å². The van der Waals surface area contributed by atoms with Crippen molar-refractivity contribution in [1.82, 2.24) is 0 Å². The van der Waals surface area contributed by atoms with Crippen molar-refractivity contribution in [3.05, 3.63) is 59.7 Å². The smallest absolute Gasteiger partial charge is 0.326 e. The Morgan fingerprint density at radius 1 is 1.19 bits per heavy atom. The van der Waals surface area contributed by atoms with Gasteiger partial charge in [0.1, 0.15) is 0 Å². The van der Waals surface area contributed by atoms with Crippen molar-refractivity contribution >= 4 is 17.4 Å². The molecule has 1 atom stereocenters. The van der Waals surface area contributed by atoms with Crippen LogP contribution in [0.5, 0.6) is 0 Å². The number of carbonyl (C=O) groups is 1. The van der Waals surface area contributed by atoms with Gasteiger partial charge in [0.15, 0.2) is 0 Å². The number of nitrogens with one attached hydrogen (secondary N) is 1. The molecule has 21 heavy (non-hydrogen) atoms. The van der Waals surface area contributed by atoms with Gasteiger partial charge in [0.2, 0.25) is 0 Å². The highest BCUT2D eigenvalue weighted by atomic mass is 16.3. The van der Waals surface area contributed by atoms with Crippen LogP contribution in [-0.2, 0) is 6.42 Å². The van der Waals surface area contributed by atoms with Gasteiger partial charge >= 0.3 is 6.03 Å². The molecule has 4 heteroatoms. The molecule has 0 fully saturated rings. The van der Waals surface area contributed by atoms with Crippen LogP contribution in [0.3, 0.4) is 0 Å². The molecule has 2 aromatic rings. The van der Waals surface area contributed by atoms with Gasteiger partial charge in [-0.1, -0.05) is 30.3 Å². The van der Waals surface area contributed by atoms with Crippen molar-refractivity contribution in [2.24, 2.45) is 0 Å². The Morgan fingerprint density at radius 2 is 1.90 bits per heavy atom. The van der Waals surface area contributed by atoms with Gasteiger partial charge < -0.3 is 10.4 Å². The molecule has 1 unspecified atom stereocenters. The molecule has 1 heterocycles. The maximum absolute atomic E-state index is 12.4. The van der Waals surface area contributed by atoms with Crippen LogP contribution >= 0.6 is 0 Å². The molecule has 1 aliphatic heterocycles. The summed E-state index contributed by atoms with van der Waals surface area (Å²) in [6.45, 7) is 2.42. The lowest BCUT2D eigenvalue weighted by molar-refractivity contribution is 0.199. The van der Waals surface area contributed by atoms with Crippen molar-refractivity contribution in [3.63, 3.8) is 0 Å². The fourth-order valence-corrected chi connectivity index (χ4v) is 2.59. The van der Waals surface area contributed by atoms with Crippen molar-refractivity contribution in [3.8, 4) is 0 Å². The first kappa shape index (κ1) is 13.6. The number of benzene rings is 2. The number of hydrogen-bond acceptors (Lipinski definition) is 2. The van der Waals surface area contributed by atoms with Crippen LogP contribution in [0.2, 0.25) is 0 Å². The molecule has 0 aromatic heterocycles. The molecule has 2 amide bonds. The average molecular weight is 282 g/mol. The lowest BCUT2D eigenvalue weighted by Gasteiger charge is -2.18. The summed E-state index contributed by atoms with van der Waals surface area (Å²) in [4.78, 5) is 14.1. The molecule has 108 valence electrons. The third-order valence-electron chi connectivity index (χ3n) is 3.78. The van der Waals surface area contributed by atoms with Gasteiger partial charge in [-0.05, 0) is 42.7 Å². The Balaban J connectivity index is 1.73. The van der Waals surface area contributed by atoms with Crippen LogP contribution in [0.1, 0.15) is 24.2 Å². The number of amides is 2. The summed E-state index contributed by atoms with van der Waals surface area (Å²) in [5, 5.41) is 12.4. The normalized spacial score (nSPS) is 14.7. The largest absolute Gasteiger partial charge is 0.389 e. The van der Waals surface area contributed by atoms with E-state index in [1.165, 1.54) is 5.56 Å². The summed E-state index contributed by atoms with van der Waals surface area (Å²) in [5.74, 6) is 0. The molecule has 1 aliphatic rings. The van der Waals surface area contributed by atoms with E-state index < -0.39 is 6.10 Å². The molecule has 0 spiro atoms. The minimum Gasteiger partial charge on any atom is -0.389 e. The predicted molar refractivity (Wildman–Crippen MR) is 83.6 cm³/mol. The van der Waals surface area contributed by atoms with E-state index in [0.717, 1.165) is 23.4 Å². The highest BCUT2D eigenvalue weighted by molar-refractivity contribution is 6.03. The second-order valence-corrected chi connectivity index (χ2v) is 5.26. The van der Waals surface area contributed by atoms with Crippen LogP contribution < -0.4 is 10.2 Å². The molecule has 0 radical (unpaired) electrons. The van der Waals surface area contributed by atoms with Crippen molar-refractivity contribution in [2.75, 3.05) is 16.8 Å². The van der Waals surface area contributed by atoms with Crippen molar-refractivity contribution in [1.29, 1.82) is 0 Å². The maximum Gasteiger partial charge on any atom is 0.326 e. The van der Waals surface area contributed by atoms with E-state index in [0.29, 0.717) is 6.54 Å². The third kappa shape index (κ3) is 2.76. The maximum atomic E-state index is 12.4. The third-order valence-corrected chi connectivity index (χ3v) is 3.78. The number of urea groups is 1. The first-order valence-corrected chi connectivity index (χ1v) is 7.09. The standard InChI is InChI=1S/C17H18N2O2/c1-12(20)13-6-8-15(9-7-13)18-17(21)19-11-10-14-4-2-3-5-16(14)19/h2-9,12,20H,10-11H2,1H3,(H,18,21). The number of hydrogen-bond donors (Lipinski definition) is 2. The topological polar surface area (TPSA) is 52.6 Å². The summed E-state index contributed by atoms with van der Waals surface area (Å²) in [5.41, 5.74) is 3.75. The summed E-state index contributed by atoms with van der Waals surface area (Å²) >= 11 is 0. The lowest BCUT2D eigenvalue weighted by atomic mass is 10.1. The number of anilines is 2. The minimum absolute atomic E-state index is 0.121. The average Bonchev–Trinajstić information content (AvgIpc) is 2.92. The summed E-state index contributed by atoms with van der Waals surface area (Å²) < 4.78 is 0. The monoisotopic (exact) mass is 282 g/mol. The summed E-state index contributed by atoms with van der Waals surface area (Å²) in [6, 6.07) is 15.1. The van der Waals surface area contributed by atoms with E-state index in [4.69, 9.17) is 0 Å². The molecule has 0 aliphatic carbocycles. The molecular formula is C17H18N2O2. The first-order valence-electron chi connectivity index (χ1n) is 7.09. The zero-order chi connectivity index (χ0) is 14.8. The van der Waals surface area contributed by atoms with E-state index in [1.807, 2.05) is 42.5 Å². The lowest BCUT2D eigenvalue weighted by Crippen LogP contribution is -2.33. The van der Waals surface area contributed by atoms with Crippen LogP contribution in [-0.4, -0.2) is 17.7 Å². The highest BCUT2D eigenvalue weighted by Gasteiger charge is 2.23. The molecule has 2 aromatic carbocycles. The summed E-state index contributed by atoms with van der Waals surface area (Å²) in [6.07, 6.45) is 0.394. The zero-order valence-corrected chi connectivity index (χ0v) is 11.9. The van der Waals surface area contributed by atoms with E-state index in [2.05, 4.69) is 11.4 Å². The van der Waals surface area contributed by atoms with Gasteiger partial charge in [0, 0.05) is 17.9 Å². The molecule has 2 N–H and O–H groups in total. The number of aliphatic hydroxyl groups is 1. The van der Waals surface area contributed by atoms with E-state index in [-0.39, 0.29) is 6.03 Å². The SMILES string of the molecule is CC(O)c1ccc(NC(=O)N2CCc3ccccc32)cc1. The Labute approximate surface area is 124 Å². The molecular weight excluding hydrogens is 264 g/mol. The minimum atomic E-state index is -0.500. The van der Waals surface area contributed by atoms with Gasteiger partial charge in [-0.2, -0.15) is 0 Å². The second kappa shape index (κ2) is 5.58. The van der Waals surface area contributed by atoms with Gasteiger partial charge in [-0.25, -0.2) is 4.79 Å². The van der Waals surface area contributed by atoms with E-state index in [9.17, 15) is 9.90 Å². The number of rotatable bonds is 2. The first-order chi connectivity index (χ1) is 10.1. The zero-order valence-electron chi connectivity index (χ0n) is 11.9. The Kier molecular flexibility index (Phi) is 3.62. The number of para-hydroxylation sites is 1. The molecule has 4 nitrogen and oxygen atoms in total. The Morgan fingerprint density at radius 3 is 2.62 bits per heavy atom. The van der Waals surface area contributed by atoms with Crippen LogP contribution in [0.4, 0.5) is 16.2 Å². The van der Waals surface area contributed by atoms with E-state index in [1.54, 1.807) is 11.8 Å². The van der Waals surface area contributed by atoms with Crippen LogP contribution in [0.25, 0.3) is 0 Å². The molecule has 0 bridgehead atoms. The van der Waals surface area contributed by atoms with Gasteiger partial charge in [-0.15, -0.1) is 0 Å². The quantitative estimate of drug-likeness (QED) is 0.887. The molecule has 0 saturated heterocycles. The second-order valence-electron chi connectivity index (χ2n) is 5.26. The van der Waals surface area contributed by atoms with Crippen molar-refractivity contribution < 1.29 is 9.90 Å². The van der Waals surface area contributed by atoms with E-state index >= 15 is 0 Å². The number of nitrogens with zero attached hydrogens (tertiary/aromatic N) is 1. The molecule has 3 rings (SSSR count). The number of aliphatic hydroxyl groups excluding tert-OH is 1. The fourth-order valence-electron chi connectivity index (χ4n) is 2.59. The fraction of sp³-hybridized carbons (Fsp3) is 0.235.